The van der Waals surface area contributed by atoms with Gasteiger partial charge < -0.3 is 4.74 Å². The van der Waals surface area contributed by atoms with Crippen molar-refractivity contribution in [2.75, 3.05) is 7.11 Å². The van der Waals surface area contributed by atoms with Crippen molar-refractivity contribution < 1.29 is 4.74 Å². The van der Waals surface area contributed by atoms with Gasteiger partial charge in [0.05, 0.1) is 18.3 Å². The second-order valence-electron chi connectivity index (χ2n) is 5.78. The van der Waals surface area contributed by atoms with Crippen molar-refractivity contribution >= 4 is 22.5 Å². The van der Waals surface area contributed by atoms with Gasteiger partial charge in [0.25, 0.3) is 0 Å². The van der Waals surface area contributed by atoms with Crippen LogP contribution in [0.15, 0.2) is 78.9 Å². The van der Waals surface area contributed by atoms with Gasteiger partial charge in [0, 0.05) is 16.0 Å². The zero-order valence-electron chi connectivity index (χ0n) is 13.7. The summed E-state index contributed by atoms with van der Waals surface area (Å²) in [6, 6.07) is 26.1. The lowest BCUT2D eigenvalue weighted by molar-refractivity contribution is 0.416. The third kappa shape index (κ3) is 2.97. The Morgan fingerprint density at radius 3 is 2.36 bits per heavy atom. The average Bonchev–Trinajstić information content (AvgIpc) is 2.68. The highest BCUT2D eigenvalue weighted by molar-refractivity contribution is 6.31. The lowest BCUT2D eigenvalue weighted by atomic mass is 9.98. The highest BCUT2D eigenvalue weighted by Gasteiger charge is 2.12. The van der Waals surface area contributed by atoms with Gasteiger partial charge in [-0.25, -0.2) is 4.98 Å². The Morgan fingerprint density at radius 2 is 1.56 bits per heavy atom. The maximum absolute atomic E-state index is 6.23. The van der Waals surface area contributed by atoms with Crippen LogP contribution >= 0.6 is 11.6 Å². The van der Waals surface area contributed by atoms with Gasteiger partial charge in [-0.15, -0.1) is 0 Å². The molecule has 1 heterocycles. The maximum Gasteiger partial charge on any atom is 0.128 e. The molecule has 3 aromatic carbocycles. The number of nitrogens with zero attached hydrogens (tertiary/aromatic N) is 1. The third-order valence-corrected chi connectivity index (χ3v) is 4.47. The SMILES string of the molecule is COc1ccccc1-c1cc(-c2ccccc2)c2cc(Cl)ccc2n1. The van der Waals surface area contributed by atoms with E-state index in [0.717, 1.165) is 39.0 Å². The van der Waals surface area contributed by atoms with Gasteiger partial charge in [0.2, 0.25) is 0 Å². The Kier molecular flexibility index (Phi) is 4.12. The van der Waals surface area contributed by atoms with E-state index in [0.29, 0.717) is 5.02 Å². The molecule has 0 aliphatic heterocycles. The number of hydrogen-bond donors (Lipinski definition) is 0. The third-order valence-electron chi connectivity index (χ3n) is 4.24. The molecular weight excluding hydrogens is 330 g/mol. The molecule has 0 unspecified atom stereocenters. The van der Waals surface area contributed by atoms with Gasteiger partial charge in [0.15, 0.2) is 0 Å². The Morgan fingerprint density at radius 1 is 0.800 bits per heavy atom. The molecule has 0 fully saturated rings. The van der Waals surface area contributed by atoms with E-state index in [1.54, 1.807) is 7.11 Å². The summed E-state index contributed by atoms with van der Waals surface area (Å²) < 4.78 is 5.52. The maximum atomic E-state index is 6.23. The molecule has 0 aliphatic rings. The summed E-state index contributed by atoms with van der Waals surface area (Å²) in [4.78, 5) is 4.84. The van der Waals surface area contributed by atoms with Gasteiger partial charge in [-0.1, -0.05) is 54.1 Å². The fraction of sp³-hybridized carbons (Fsp3) is 0.0455. The van der Waals surface area contributed by atoms with Crippen molar-refractivity contribution in [1.82, 2.24) is 4.98 Å². The number of fused-ring (bicyclic) bond motifs is 1. The van der Waals surface area contributed by atoms with Crippen molar-refractivity contribution in [3.8, 4) is 28.1 Å². The summed E-state index contributed by atoms with van der Waals surface area (Å²) in [6.45, 7) is 0. The van der Waals surface area contributed by atoms with Crippen molar-refractivity contribution in [2.24, 2.45) is 0 Å². The van der Waals surface area contributed by atoms with E-state index in [4.69, 9.17) is 21.3 Å². The van der Waals surface area contributed by atoms with Crippen LogP contribution in [-0.4, -0.2) is 12.1 Å². The topological polar surface area (TPSA) is 22.1 Å². The van der Waals surface area contributed by atoms with E-state index in [1.165, 1.54) is 0 Å². The summed E-state index contributed by atoms with van der Waals surface area (Å²) in [5, 5.41) is 1.74. The first-order valence-corrected chi connectivity index (χ1v) is 8.43. The molecule has 0 spiro atoms. The Labute approximate surface area is 151 Å². The zero-order chi connectivity index (χ0) is 17.2. The Hall–Kier alpha value is -2.84. The summed E-state index contributed by atoms with van der Waals surface area (Å²) in [6.07, 6.45) is 0. The lowest BCUT2D eigenvalue weighted by Crippen LogP contribution is -1.93. The van der Waals surface area contributed by atoms with Crippen LogP contribution in [0, 0.1) is 0 Å². The van der Waals surface area contributed by atoms with Crippen LogP contribution in [0.2, 0.25) is 5.02 Å². The molecular formula is C22H16ClNO. The van der Waals surface area contributed by atoms with Gasteiger partial charge >= 0.3 is 0 Å². The zero-order valence-corrected chi connectivity index (χ0v) is 14.5. The summed E-state index contributed by atoms with van der Waals surface area (Å²) in [5.74, 6) is 0.808. The second-order valence-corrected chi connectivity index (χ2v) is 6.22. The first kappa shape index (κ1) is 15.7. The molecule has 0 radical (unpaired) electrons. The van der Waals surface area contributed by atoms with Gasteiger partial charge in [-0.3, -0.25) is 0 Å². The molecule has 0 saturated heterocycles. The number of hydrogen-bond acceptors (Lipinski definition) is 2. The van der Waals surface area contributed by atoms with Gasteiger partial charge in [0.1, 0.15) is 5.75 Å². The smallest absolute Gasteiger partial charge is 0.128 e. The molecule has 0 amide bonds. The minimum absolute atomic E-state index is 0.705. The molecule has 4 rings (SSSR count). The van der Waals surface area contributed by atoms with Crippen LogP contribution in [0.25, 0.3) is 33.3 Å². The molecule has 0 aliphatic carbocycles. The largest absolute Gasteiger partial charge is 0.496 e. The Bertz CT molecular complexity index is 1040. The lowest BCUT2D eigenvalue weighted by Gasteiger charge is -2.13. The second kappa shape index (κ2) is 6.58. The fourth-order valence-corrected chi connectivity index (χ4v) is 3.22. The summed E-state index contributed by atoms with van der Waals surface area (Å²) in [5.41, 5.74) is 5.00. The van der Waals surface area contributed by atoms with Crippen LogP contribution in [-0.2, 0) is 0 Å². The first-order valence-electron chi connectivity index (χ1n) is 8.05. The molecule has 1 aromatic heterocycles. The highest BCUT2D eigenvalue weighted by Crippen LogP contribution is 2.36. The van der Waals surface area contributed by atoms with Crippen LogP contribution in [0.3, 0.4) is 0 Å². The van der Waals surface area contributed by atoms with Crippen LogP contribution in [0.1, 0.15) is 0 Å². The molecule has 25 heavy (non-hydrogen) atoms. The monoisotopic (exact) mass is 345 g/mol. The fourth-order valence-electron chi connectivity index (χ4n) is 3.05. The van der Waals surface area contributed by atoms with Crippen LogP contribution in [0.4, 0.5) is 0 Å². The van der Waals surface area contributed by atoms with E-state index >= 15 is 0 Å². The Balaban J connectivity index is 2.04. The molecule has 0 atom stereocenters. The minimum Gasteiger partial charge on any atom is -0.496 e. The van der Waals surface area contributed by atoms with Gasteiger partial charge in [-0.05, 0) is 47.5 Å². The number of halogens is 1. The molecule has 0 bridgehead atoms. The van der Waals surface area contributed by atoms with E-state index in [-0.39, 0.29) is 0 Å². The average molecular weight is 346 g/mol. The van der Waals surface area contributed by atoms with Crippen molar-refractivity contribution in [3.63, 3.8) is 0 Å². The van der Waals surface area contributed by atoms with Crippen molar-refractivity contribution in [3.05, 3.63) is 83.9 Å². The molecule has 2 nitrogen and oxygen atoms in total. The van der Waals surface area contributed by atoms with E-state index in [9.17, 15) is 0 Å². The number of benzene rings is 3. The van der Waals surface area contributed by atoms with Gasteiger partial charge in [-0.2, -0.15) is 0 Å². The number of ether oxygens (including phenoxy) is 1. The molecule has 0 N–H and O–H groups in total. The van der Waals surface area contributed by atoms with Crippen LogP contribution in [0.5, 0.6) is 5.75 Å². The summed E-state index contributed by atoms with van der Waals surface area (Å²) >= 11 is 6.23. The van der Waals surface area contributed by atoms with Crippen molar-refractivity contribution in [1.29, 1.82) is 0 Å². The molecule has 4 aromatic rings. The molecule has 3 heteroatoms. The first-order chi connectivity index (χ1) is 12.3. The van der Waals surface area contributed by atoms with E-state index < -0.39 is 0 Å². The predicted molar refractivity (Wildman–Crippen MR) is 104 cm³/mol. The van der Waals surface area contributed by atoms with E-state index in [2.05, 4.69) is 18.2 Å². The predicted octanol–water partition coefficient (Wildman–Crippen LogP) is 6.23. The normalized spacial score (nSPS) is 10.8. The molecule has 122 valence electrons. The van der Waals surface area contributed by atoms with Crippen LogP contribution < -0.4 is 4.74 Å². The van der Waals surface area contributed by atoms with E-state index in [1.807, 2.05) is 60.7 Å². The number of methoxy groups -OCH3 is 1. The minimum atomic E-state index is 0.705. The van der Waals surface area contributed by atoms with Crippen molar-refractivity contribution in [2.45, 2.75) is 0 Å². The number of rotatable bonds is 3. The highest BCUT2D eigenvalue weighted by atomic mass is 35.5. The number of aromatic nitrogens is 1. The molecule has 0 saturated carbocycles. The number of para-hydroxylation sites is 1. The standard InChI is InChI=1S/C22H16ClNO/c1-25-22-10-6-5-9-17(22)21-14-18(15-7-3-2-4-8-15)19-13-16(23)11-12-20(19)24-21/h2-14H,1H3. The number of pyridine rings is 1. The quantitative estimate of drug-likeness (QED) is 0.439. The summed E-state index contributed by atoms with van der Waals surface area (Å²) in [7, 11) is 1.68.